The third kappa shape index (κ3) is 7.60. The molecule has 0 aliphatic carbocycles. The van der Waals surface area contributed by atoms with Gasteiger partial charge >= 0.3 is 12.1 Å². The van der Waals surface area contributed by atoms with Crippen molar-refractivity contribution in [3.63, 3.8) is 0 Å². The highest BCUT2D eigenvalue weighted by Crippen LogP contribution is 2.18. The zero-order valence-electron chi connectivity index (χ0n) is 14.7. The van der Waals surface area contributed by atoms with Crippen molar-refractivity contribution >= 4 is 23.7 Å². The molecule has 0 saturated carbocycles. The van der Waals surface area contributed by atoms with Crippen LogP contribution in [0.15, 0.2) is 24.3 Å². The van der Waals surface area contributed by atoms with E-state index in [4.69, 9.17) is 15.2 Å². The molecule has 0 saturated heterocycles. The molecular formula is C16H21N3O7. The van der Waals surface area contributed by atoms with Crippen molar-refractivity contribution in [2.24, 2.45) is 5.73 Å². The lowest BCUT2D eigenvalue weighted by atomic mass is 10.1. The maximum Gasteiger partial charge on any atom is 0.408 e. The maximum absolute atomic E-state index is 12.3. The Balaban J connectivity index is 2.80. The highest BCUT2D eigenvalue weighted by molar-refractivity contribution is 5.84. The van der Waals surface area contributed by atoms with Crippen LogP contribution in [0.2, 0.25) is 0 Å². The van der Waals surface area contributed by atoms with E-state index in [0.717, 1.165) is 0 Å². The van der Waals surface area contributed by atoms with E-state index < -0.39 is 34.5 Å². The molecule has 26 heavy (non-hydrogen) atoms. The number of nitrogens with two attached hydrogens (primary N) is 1. The third-order valence-corrected chi connectivity index (χ3v) is 2.92. The summed E-state index contributed by atoms with van der Waals surface area (Å²) in [4.78, 5) is 45.1. The van der Waals surface area contributed by atoms with Gasteiger partial charge in [-0.2, -0.15) is 0 Å². The minimum Gasteiger partial charge on any atom is -0.444 e. The molecule has 0 unspecified atom stereocenters. The number of nitrogens with one attached hydrogen (secondary N) is 1. The van der Waals surface area contributed by atoms with Crippen LogP contribution in [0, 0.1) is 10.1 Å². The molecule has 0 bridgehead atoms. The lowest BCUT2D eigenvalue weighted by Crippen LogP contribution is -2.45. The van der Waals surface area contributed by atoms with Crippen molar-refractivity contribution in [2.75, 3.05) is 0 Å². The smallest absolute Gasteiger partial charge is 0.408 e. The second-order valence-electron chi connectivity index (χ2n) is 6.38. The van der Waals surface area contributed by atoms with Crippen LogP contribution in [0.25, 0.3) is 0 Å². The van der Waals surface area contributed by atoms with Crippen LogP contribution in [0.5, 0.6) is 5.75 Å². The number of amides is 2. The number of carbonyl (C=O) groups excluding carboxylic acids is 3. The van der Waals surface area contributed by atoms with Gasteiger partial charge in [-0.15, -0.1) is 0 Å². The van der Waals surface area contributed by atoms with Crippen LogP contribution in [0.1, 0.15) is 33.6 Å². The van der Waals surface area contributed by atoms with Crippen molar-refractivity contribution < 1.29 is 28.8 Å². The molecule has 0 aliphatic rings. The molecule has 0 radical (unpaired) electrons. The van der Waals surface area contributed by atoms with E-state index in [0.29, 0.717) is 0 Å². The van der Waals surface area contributed by atoms with Crippen LogP contribution in [0.4, 0.5) is 10.5 Å². The largest absolute Gasteiger partial charge is 0.444 e. The molecule has 0 fully saturated rings. The van der Waals surface area contributed by atoms with Crippen LogP contribution in [-0.4, -0.2) is 34.5 Å². The van der Waals surface area contributed by atoms with E-state index in [1.54, 1.807) is 20.8 Å². The average molecular weight is 367 g/mol. The van der Waals surface area contributed by atoms with Crippen LogP contribution >= 0.6 is 0 Å². The zero-order valence-corrected chi connectivity index (χ0v) is 14.7. The van der Waals surface area contributed by atoms with E-state index in [9.17, 15) is 24.5 Å². The summed E-state index contributed by atoms with van der Waals surface area (Å²) in [6, 6.07) is 3.65. The molecule has 0 heterocycles. The van der Waals surface area contributed by atoms with Crippen LogP contribution in [-0.2, 0) is 14.3 Å². The first-order chi connectivity index (χ1) is 12.0. The Hall–Kier alpha value is -3.17. The Morgan fingerprint density at radius 2 is 1.81 bits per heavy atom. The number of non-ortho nitro benzene ring substituents is 1. The van der Waals surface area contributed by atoms with Gasteiger partial charge in [-0.25, -0.2) is 9.59 Å². The van der Waals surface area contributed by atoms with Crippen molar-refractivity contribution in [1.82, 2.24) is 5.32 Å². The Morgan fingerprint density at radius 1 is 1.23 bits per heavy atom. The molecule has 1 aromatic carbocycles. The number of nitrogens with zero attached hydrogens (tertiary/aromatic N) is 1. The fraction of sp³-hybridized carbons (Fsp3) is 0.438. The number of esters is 1. The van der Waals surface area contributed by atoms with Gasteiger partial charge < -0.3 is 20.5 Å². The van der Waals surface area contributed by atoms with E-state index >= 15 is 0 Å². The first-order valence-corrected chi connectivity index (χ1v) is 7.72. The first kappa shape index (κ1) is 20.9. The number of alkyl carbamates (subject to hydrolysis) is 1. The fourth-order valence-electron chi connectivity index (χ4n) is 1.81. The lowest BCUT2D eigenvalue weighted by molar-refractivity contribution is -0.384. The van der Waals surface area contributed by atoms with Gasteiger partial charge in [0.1, 0.15) is 17.4 Å². The van der Waals surface area contributed by atoms with Gasteiger partial charge in [-0.1, -0.05) is 0 Å². The summed E-state index contributed by atoms with van der Waals surface area (Å²) < 4.78 is 10.2. The predicted molar refractivity (Wildman–Crippen MR) is 90.3 cm³/mol. The Kier molecular flexibility index (Phi) is 7.06. The molecule has 2 amide bonds. The molecule has 3 N–H and O–H groups in total. The average Bonchev–Trinajstić information content (AvgIpc) is 2.49. The molecule has 10 nitrogen and oxygen atoms in total. The number of primary amides is 1. The number of hydrogen-bond acceptors (Lipinski definition) is 7. The van der Waals surface area contributed by atoms with Crippen LogP contribution in [0.3, 0.4) is 0 Å². The highest BCUT2D eigenvalue weighted by atomic mass is 16.6. The molecule has 1 rings (SSSR count). The van der Waals surface area contributed by atoms with Gasteiger partial charge in [0, 0.05) is 18.6 Å². The normalized spacial score (nSPS) is 12.0. The third-order valence-electron chi connectivity index (χ3n) is 2.92. The van der Waals surface area contributed by atoms with Gasteiger partial charge in [-0.3, -0.25) is 14.9 Å². The van der Waals surface area contributed by atoms with Gasteiger partial charge in [-0.05, 0) is 39.3 Å². The number of rotatable bonds is 7. The zero-order chi connectivity index (χ0) is 19.9. The number of carbonyl (C=O) groups is 3. The van der Waals surface area contributed by atoms with Crippen molar-refractivity contribution in [3.05, 3.63) is 34.4 Å². The molecule has 0 spiro atoms. The minimum absolute atomic E-state index is 0.0515. The van der Waals surface area contributed by atoms with Crippen molar-refractivity contribution in [3.8, 4) is 5.75 Å². The number of hydrogen-bond donors (Lipinski definition) is 2. The summed E-state index contributed by atoms with van der Waals surface area (Å²) in [5.74, 6) is -1.45. The molecule has 0 aliphatic heterocycles. The summed E-state index contributed by atoms with van der Waals surface area (Å²) >= 11 is 0. The van der Waals surface area contributed by atoms with Crippen molar-refractivity contribution in [1.29, 1.82) is 0 Å². The summed E-state index contributed by atoms with van der Waals surface area (Å²) in [7, 11) is 0. The van der Waals surface area contributed by atoms with Gasteiger partial charge in [0.25, 0.3) is 5.69 Å². The summed E-state index contributed by atoms with van der Waals surface area (Å²) in [5, 5.41) is 12.9. The van der Waals surface area contributed by atoms with Gasteiger partial charge in [0.2, 0.25) is 5.91 Å². The van der Waals surface area contributed by atoms with Crippen LogP contribution < -0.4 is 15.8 Å². The predicted octanol–water partition coefficient (Wildman–Crippen LogP) is 1.66. The number of nitro benzene ring substituents is 1. The maximum atomic E-state index is 12.3. The first-order valence-electron chi connectivity index (χ1n) is 7.72. The topological polar surface area (TPSA) is 151 Å². The van der Waals surface area contributed by atoms with E-state index in [1.165, 1.54) is 24.3 Å². The summed E-state index contributed by atoms with van der Waals surface area (Å²) in [5.41, 5.74) is 4.13. The fourth-order valence-corrected chi connectivity index (χ4v) is 1.81. The van der Waals surface area contributed by atoms with E-state index in [1.807, 2.05) is 0 Å². The Bertz CT molecular complexity index is 680. The molecule has 10 heteroatoms. The lowest BCUT2D eigenvalue weighted by Gasteiger charge is -2.22. The molecule has 0 aromatic heterocycles. The molecule has 1 atom stereocenters. The van der Waals surface area contributed by atoms with E-state index in [-0.39, 0.29) is 24.3 Å². The van der Waals surface area contributed by atoms with Crippen molar-refractivity contribution in [2.45, 2.75) is 45.3 Å². The number of benzene rings is 1. The van der Waals surface area contributed by atoms with E-state index in [2.05, 4.69) is 5.32 Å². The Labute approximate surface area is 149 Å². The standard InChI is InChI=1S/C16H21N3O7/c1-16(2,3)26-15(22)18-12(8-9-13(17)20)14(21)25-11-6-4-10(5-7-11)19(23)24/h4-7,12H,8-9H2,1-3H3,(H2,17,20)(H,18,22)/t12-/m0/s1. The monoisotopic (exact) mass is 367 g/mol. The van der Waals surface area contributed by atoms with Gasteiger partial charge in [0.05, 0.1) is 4.92 Å². The second kappa shape index (κ2) is 8.79. The van der Waals surface area contributed by atoms with Gasteiger partial charge in [0.15, 0.2) is 0 Å². The summed E-state index contributed by atoms with van der Waals surface area (Å²) in [6.45, 7) is 4.96. The Morgan fingerprint density at radius 3 is 2.27 bits per heavy atom. The SMILES string of the molecule is CC(C)(C)OC(=O)N[C@@H](CCC(N)=O)C(=O)Oc1ccc([N+](=O)[O-])cc1. The number of ether oxygens (including phenoxy) is 2. The molecule has 1 aromatic rings. The summed E-state index contributed by atoms with van der Waals surface area (Å²) in [6.07, 6.45) is -1.09. The molecule has 142 valence electrons. The number of nitro groups is 1. The second-order valence-corrected chi connectivity index (χ2v) is 6.38. The minimum atomic E-state index is -1.17. The molecular weight excluding hydrogens is 346 g/mol. The highest BCUT2D eigenvalue weighted by Gasteiger charge is 2.26. The quantitative estimate of drug-likeness (QED) is 0.322.